The number of aliphatic hydroxyl groups excluding tert-OH is 5. The first-order valence-electron chi connectivity index (χ1n) is 24.9. The van der Waals surface area contributed by atoms with E-state index in [0.717, 1.165) is 51.4 Å². The van der Waals surface area contributed by atoms with E-state index in [9.17, 15) is 30.3 Å². The van der Waals surface area contributed by atoms with Crippen LogP contribution in [0, 0.1) is 0 Å². The predicted molar refractivity (Wildman–Crippen MR) is 247 cm³/mol. The molecule has 0 heterocycles. The van der Waals surface area contributed by atoms with Crippen LogP contribution in [-0.4, -0.2) is 101 Å². The summed E-state index contributed by atoms with van der Waals surface area (Å²) >= 11 is 0. The zero-order chi connectivity index (χ0) is 44.1. The van der Waals surface area contributed by atoms with Crippen molar-refractivity contribution in [3.8, 4) is 17.2 Å². The predicted octanol–water partition coefficient (Wildman–Crippen LogP) is 11.1. The number of benzene rings is 1. The van der Waals surface area contributed by atoms with Crippen LogP contribution >= 0.6 is 0 Å². The van der Waals surface area contributed by atoms with Gasteiger partial charge in [0.25, 0.3) is 5.91 Å². The highest BCUT2D eigenvalue weighted by atomic mass is 16.5. The van der Waals surface area contributed by atoms with Crippen LogP contribution in [0.1, 0.15) is 224 Å². The SMILES string of the molecule is CCCCCCCCCCCCOc1cc(C(=O)N(C)C[C@H](O)[C@@H](O)[C@H](O)[C@H](O)CO)cc(OCCCCCCCCCCCC)c1OCCCCCCCCCCCC. The minimum atomic E-state index is -1.78. The van der Waals surface area contributed by atoms with Gasteiger partial charge < -0.3 is 44.6 Å². The molecule has 0 spiro atoms. The van der Waals surface area contributed by atoms with Crippen molar-refractivity contribution < 1.29 is 44.5 Å². The summed E-state index contributed by atoms with van der Waals surface area (Å²) < 4.78 is 19.3. The van der Waals surface area contributed by atoms with Crippen LogP contribution in [0.4, 0.5) is 0 Å². The first-order valence-corrected chi connectivity index (χ1v) is 24.9. The minimum absolute atomic E-state index is 0.289. The van der Waals surface area contributed by atoms with Gasteiger partial charge in [-0.05, 0) is 31.4 Å². The average molecular weight is 852 g/mol. The van der Waals surface area contributed by atoms with Crippen molar-refractivity contribution in [1.82, 2.24) is 4.90 Å². The van der Waals surface area contributed by atoms with Gasteiger partial charge in [-0.15, -0.1) is 0 Å². The van der Waals surface area contributed by atoms with E-state index in [2.05, 4.69) is 20.8 Å². The Balaban J connectivity index is 3.09. The molecule has 10 nitrogen and oxygen atoms in total. The Labute approximate surface area is 367 Å². The molecular formula is C50H93NO9. The second-order valence-electron chi connectivity index (χ2n) is 17.4. The van der Waals surface area contributed by atoms with Crippen LogP contribution in [0.5, 0.6) is 17.2 Å². The molecule has 352 valence electrons. The molecule has 60 heavy (non-hydrogen) atoms. The second kappa shape index (κ2) is 38.6. The number of hydrogen-bond acceptors (Lipinski definition) is 9. The molecule has 0 aliphatic heterocycles. The number of carbonyl (C=O) groups excluding carboxylic acids is 1. The number of unbranched alkanes of at least 4 members (excludes halogenated alkanes) is 27. The molecule has 1 aromatic carbocycles. The molecule has 0 aliphatic rings. The van der Waals surface area contributed by atoms with Gasteiger partial charge in [0.05, 0.1) is 26.4 Å². The maximum absolute atomic E-state index is 13.9. The Kier molecular flexibility index (Phi) is 35.9. The lowest BCUT2D eigenvalue weighted by Crippen LogP contribution is -2.49. The van der Waals surface area contributed by atoms with Gasteiger partial charge in [0.1, 0.15) is 24.4 Å². The first kappa shape index (κ1) is 55.9. The van der Waals surface area contributed by atoms with Gasteiger partial charge in [-0.3, -0.25) is 4.79 Å². The first-order chi connectivity index (χ1) is 29.2. The Hall–Kier alpha value is -2.11. The molecule has 0 aromatic heterocycles. The van der Waals surface area contributed by atoms with Crippen LogP contribution in [-0.2, 0) is 0 Å². The molecule has 0 unspecified atom stereocenters. The fourth-order valence-electron chi connectivity index (χ4n) is 7.62. The lowest BCUT2D eigenvalue weighted by Gasteiger charge is -2.28. The fourth-order valence-corrected chi connectivity index (χ4v) is 7.62. The van der Waals surface area contributed by atoms with Crippen molar-refractivity contribution in [1.29, 1.82) is 0 Å². The largest absolute Gasteiger partial charge is 0.490 e. The van der Waals surface area contributed by atoms with E-state index < -0.39 is 36.9 Å². The summed E-state index contributed by atoms with van der Waals surface area (Å²) in [7, 11) is 1.50. The van der Waals surface area contributed by atoms with Crippen LogP contribution in [0.3, 0.4) is 0 Å². The number of nitrogens with zero attached hydrogens (tertiary/aromatic N) is 1. The van der Waals surface area contributed by atoms with Crippen molar-refractivity contribution in [2.45, 2.75) is 238 Å². The summed E-state index contributed by atoms with van der Waals surface area (Å²) in [6.45, 7) is 7.11. The number of aliphatic hydroxyl groups is 5. The molecule has 0 saturated carbocycles. The molecular weight excluding hydrogens is 759 g/mol. The molecule has 5 N–H and O–H groups in total. The van der Waals surface area contributed by atoms with Gasteiger partial charge in [-0.1, -0.05) is 194 Å². The Morgan fingerprint density at radius 1 is 0.483 bits per heavy atom. The molecule has 10 heteroatoms. The molecule has 1 amide bonds. The standard InChI is InChI=1S/C50H93NO9/c1-5-8-11-14-17-20-23-26-29-32-35-58-45-38-42(50(57)51(4)40-43(53)47(55)48(56)44(54)41-52)39-46(59-36-33-30-27-24-21-18-15-12-9-6-2)49(45)60-37-34-31-28-25-22-19-16-13-10-7-3/h38-39,43-44,47-48,52-56H,5-37,40-41H2,1-4H3/t43-,44+,47+,48+/m0/s1. The maximum atomic E-state index is 13.9. The van der Waals surface area contributed by atoms with Crippen molar-refractivity contribution in [3.05, 3.63) is 17.7 Å². The molecule has 1 rings (SSSR count). The van der Waals surface area contributed by atoms with E-state index >= 15 is 0 Å². The monoisotopic (exact) mass is 852 g/mol. The fraction of sp³-hybridized carbons (Fsp3) is 0.860. The quantitative estimate of drug-likeness (QED) is 0.0405. The number of carbonyl (C=O) groups is 1. The number of amides is 1. The van der Waals surface area contributed by atoms with Crippen molar-refractivity contribution in [3.63, 3.8) is 0 Å². The van der Waals surface area contributed by atoms with Gasteiger partial charge in [0.2, 0.25) is 5.75 Å². The highest BCUT2D eigenvalue weighted by molar-refractivity contribution is 5.95. The van der Waals surface area contributed by atoms with Crippen LogP contribution in [0.15, 0.2) is 12.1 Å². The molecule has 0 aliphatic carbocycles. The average Bonchev–Trinajstić information content (AvgIpc) is 3.25. The summed E-state index contributed by atoms with van der Waals surface area (Å²) in [6, 6.07) is 3.37. The van der Waals surface area contributed by atoms with Gasteiger partial charge in [0, 0.05) is 19.2 Å². The zero-order valence-electron chi connectivity index (χ0n) is 39.0. The Bertz CT molecular complexity index is 1090. The summed E-state index contributed by atoms with van der Waals surface area (Å²) in [4.78, 5) is 15.1. The molecule has 1 aromatic rings. The van der Waals surface area contributed by atoms with E-state index in [1.807, 2.05) is 0 Å². The van der Waals surface area contributed by atoms with Gasteiger partial charge in [0.15, 0.2) is 11.5 Å². The normalized spacial score (nSPS) is 13.6. The maximum Gasteiger partial charge on any atom is 0.253 e. The molecule has 4 atom stereocenters. The number of hydrogen-bond donors (Lipinski definition) is 5. The number of rotatable bonds is 43. The Morgan fingerprint density at radius 2 is 0.783 bits per heavy atom. The second-order valence-corrected chi connectivity index (χ2v) is 17.4. The van der Waals surface area contributed by atoms with Gasteiger partial charge >= 0.3 is 0 Å². The smallest absolute Gasteiger partial charge is 0.253 e. The zero-order valence-corrected chi connectivity index (χ0v) is 39.0. The van der Waals surface area contributed by atoms with E-state index in [4.69, 9.17) is 14.2 Å². The van der Waals surface area contributed by atoms with Crippen molar-refractivity contribution in [2.24, 2.45) is 0 Å². The van der Waals surface area contributed by atoms with Crippen molar-refractivity contribution >= 4 is 5.91 Å². The minimum Gasteiger partial charge on any atom is -0.490 e. The summed E-state index contributed by atoms with van der Waals surface area (Å²) in [5.74, 6) is 0.989. The molecule has 0 fully saturated rings. The van der Waals surface area contributed by atoms with Crippen LogP contribution in [0.25, 0.3) is 0 Å². The molecule has 0 bridgehead atoms. The van der Waals surface area contributed by atoms with Crippen LogP contribution < -0.4 is 14.2 Å². The van der Waals surface area contributed by atoms with Crippen molar-refractivity contribution in [2.75, 3.05) is 40.0 Å². The van der Waals surface area contributed by atoms with Gasteiger partial charge in [-0.25, -0.2) is 0 Å². The van der Waals surface area contributed by atoms with Crippen LogP contribution in [0.2, 0.25) is 0 Å². The molecule has 0 radical (unpaired) electrons. The topological polar surface area (TPSA) is 149 Å². The highest BCUT2D eigenvalue weighted by Crippen LogP contribution is 2.40. The van der Waals surface area contributed by atoms with Gasteiger partial charge in [-0.2, -0.15) is 0 Å². The Morgan fingerprint density at radius 3 is 1.12 bits per heavy atom. The lowest BCUT2D eigenvalue weighted by molar-refractivity contribution is -0.117. The third kappa shape index (κ3) is 27.1. The highest BCUT2D eigenvalue weighted by Gasteiger charge is 2.32. The number of likely N-dealkylation sites (N-methyl/N-ethyl adjacent to an activating group) is 1. The number of ether oxygens (including phenoxy) is 3. The van der Waals surface area contributed by atoms with E-state index in [1.54, 1.807) is 12.1 Å². The summed E-state index contributed by atoms with van der Waals surface area (Å²) in [6.07, 6.45) is 29.8. The van der Waals surface area contributed by atoms with E-state index in [0.29, 0.717) is 37.1 Å². The molecule has 0 saturated heterocycles. The van der Waals surface area contributed by atoms with E-state index in [-0.39, 0.29) is 12.1 Å². The third-order valence-corrected chi connectivity index (χ3v) is 11.7. The van der Waals surface area contributed by atoms with E-state index in [1.165, 1.54) is 153 Å². The summed E-state index contributed by atoms with van der Waals surface area (Å²) in [5, 5.41) is 50.2. The third-order valence-electron chi connectivity index (χ3n) is 11.7. The summed E-state index contributed by atoms with van der Waals surface area (Å²) in [5.41, 5.74) is 0.289. The lowest BCUT2D eigenvalue weighted by atomic mass is 10.0.